The zero-order valence-corrected chi connectivity index (χ0v) is 9.88. The van der Waals surface area contributed by atoms with Gasteiger partial charge in [-0.25, -0.2) is 0 Å². The van der Waals surface area contributed by atoms with Gasteiger partial charge in [-0.2, -0.15) is 0 Å². The van der Waals surface area contributed by atoms with E-state index >= 15 is 0 Å². The van der Waals surface area contributed by atoms with Crippen LogP contribution in [0.3, 0.4) is 0 Å². The number of hydrogen-bond donors (Lipinski definition) is 4. The van der Waals surface area contributed by atoms with Gasteiger partial charge in [0.25, 0.3) is 0 Å². The lowest BCUT2D eigenvalue weighted by molar-refractivity contribution is 0.267. The molecule has 0 heterocycles. The first-order valence-corrected chi connectivity index (χ1v) is 5.23. The molecule has 0 saturated heterocycles. The first-order chi connectivity index (χ1) is 6.54. The average Bonchev–Trinajstić information content (AvgIpc) is 2.04. The van der Waals surface area contributed by atoms with Crippen molar-refractivity contribution in [2.24, 2.45) is 0 Å². The van der Waals surface area contributed by atoms with E-state index in [0.717, 1.165) is 0 Å². The zero-order valence-electron chi connectivity index (χ0n) is 9.88. The lowest BCUT2D eigenvalue weighted by Crippen LogP contribution is -2.29. The highest BCUT2D eigenvalue weighted by molar-refractivity contribution is 4.55. The van der Waals surface area contributed by atoms with Crippen LogP contribution in [0.2, 0.25) is 0 Å². The number of aliphatic hydroxyl groups is 2. The molecule has 0 radical (unpaired) electrons. The van der Waals surface area contributed by atoms with Crippen LogP contribution in [0.25, 0.3) is 0 Å². The Morgan fingerprint density at radius 3 is 1.36 bits per heavy atom. The van der Waals surface area contributed by atoms with E-state index in [9.17, 15) is 0 Å². The Bertz CT molecular complexity index is 88.1. The predicted octanol–water partition coefficient (Wildman–Crippen LogP) is -0.0466. The van der Waals surface area contributed by atoms with Crippen molar-refractivity contribution < 1.29 is 10.2 Å². The van der Waals surface area contributed by atoms with Gasteiger partial charge in [0.1, 0.15) is 0 Å². The van der Waals surface area contributed by atoms with Gasteiger partial charge >= 0.3 is 0 Å². The molecule has 0 aliphatic heterocycles. The third kappa shape index (κ3) is 22.6. The molecule has 0 amide bonds. The summed E-state index contributed by atoms with van der Waals surface area (Å²) in [7, 11) is 0. The second-order valence-electron chi connectivity index (χ2n) is 3.67. The molecule has 4 N–H and O–H groups in total. The van der Waals surface area contributed by atoms with Crippen molar-refractivity contribution in [3.05, 3.63) is 0 Å². The normalized spacial score (nSPS) is 10.3. The van der Waals surface area contributed by atoms with E-state index in [1.165, 1.54) is 0 Å². The molecule has 0 aromatic rings. The first kappa shape index (κ1) is 16.3. The first-order valence-electron chi connectivity index (χ1n) is 5.23. The highest BCUT2D eigenvalue weighted by Gasteiger charge is 1.92. The standard InChI is InChI=1S/C6H15N.C4H11NO2/c1-5(2)7-6(3)4;6-3-1-5-2-4-7/h5-7H,1-4H3;5-7H,1-4H2. The summed E-state index contributed by atoms with van der Waals surface area (Å²) >= 11 is 0. The average molecular weight is 206 g/mol. The minimum absolute atomic E-state index is 0.139. The maximum Gasteiger partial charge on any atom is 0.0555 e. The van der Waals surface area contributed by atoms with Gasteiger partial charge in [0.05, 0.1) is 13.2 Å². The van der Waals surface area contributed by atoms with E-state index in [2.05, 4.69) is 38.3 Å². The van der Waals surface area contributed by atoms with Crippen molar-refractivity contribution in [2.45, 2.75) is 39.8 Å². The van der Waals surface area contributed by atoms with Crippen LogP contribution >= 0.6 is 0 Å². The molecule has 4 heteroatoms. The van der Waals surface area contributed by atoms with E-state index in [1.807, 2.05) is 0 Å². The summed E-state index contributed by atoms with van der Waals surface area (Å²) in [6, 6.07) is 1.25. The van der Waals surface area contributed by atoms with Gasteiger partial charge in [-0.05, 0) is 0 Å². The summed E-state index contributed by atoms with van der Waals surface area (Å²) in [6.45, 7) is 10.0. The summed E-state index contributed by atoms with van der Waals surface area (Å²) in [4.78, 5) is 0. The van der Waals surface area contributed by atoms with Gasteiger partial charge in [-0.1, -0.05) is 27.7 Å². The van der Waals surface area contributed by atoms with Crippen LogP contribution < -0.4 is 10.6 Å². The summed E-state index contributed by atoms with van der Waals surface area (Å²) < 4.78 is 0. The molecule has 14 heavy (non-hydrogen) atoms. The van der Waals surface area contributed by atoms with Gasteiger partial charge in [0, 0.05) is 25.2 Å². The molecule has 0 aliphatic carbocycles. The van der Waals surface area contributed by atoms with Crippen molar-refractivity contribution in [2.75, 3.05) is 26.3 Å². The number of aliphatic hydroxyl groups excluding tert-OH is 2. The lowest BCUT2D eigenvalue weighted by atomic mass is 10.3. The Labute approximate surface area is 87.7 Å². The van der Waals surface area contributed by atoms with Gasteiger partial charge < -0.3 is 20.8 Å². The Morgan fingerprint density at radius 1 is 0.857 bits per heavy atom. The molecule has 0 bridgehead atoms. The van der Waals surface area contributed by atoms with Gasteiger partial charge in [0.2, 0.25) is 0 Å². The molecule has 0 fully saturated rings. The molecule has 0 spiro atoms. The summed E-state index contributed by atoms with van der Waals surface area (Å²) in [5, 5.41) is 22.4. The Kier molecular flexibility index (Phi) is 14.9. The topological polar surface area (TPSA) is 64.5 Å². The Balaban J connectivity index is 0. The molecule has 0 aromatic carbocycles. The lowest BCUT2D eigenvalue weighted by Gasteiger charge is -2.10. The van der Waals surface area contributed by atoms with Crippen molar-refractivity contribution >= 4 is 0 Å². The second-order valence-corrected chi connectivity index (χ2v) is 3.67. The van der Waals surface area contributed by atoms with Gasteiger partial charge in [-0.3, -0.25) is 0 Å². The largest absolute Gasteiger partial charge is 0.395 e. The number of hydrogen-bond acceptors (Lipinski definition) is 4. The minimum atomic E-state index is 0.139. The maximum absolute atomic E-state index is 8.15. The molecule has 0 rings (SSSR count). The Morgan fingerprint density at radius 2 is 1.21 bits per heavy atom. The molecular formula is C10H26N2O2. The van der Waals surface area contributed by atoms with Crippen LogP contribution in [-0.4, -0.2) is 48.6 Å². The smallest absolute Gasteiger partial charge is 0.0555 e. The number of rotatable bonds is 6. The van der Waals surface area contributed by atoms with Crippen molar-refractivity contribution in [3.8, 4) is 0 Å². The molecule has 0 aromatic heterocycles. The van der Waals surface area contributed by atoms with Crippen LogP contribution in [0.4, 0.5) is 0 Å². The van der Waals surface area contributed by atoms with Crippen molar-refractivity contribution in [3.63, 3.8) is 0 Å². The molecular weight excluding hydrogens is 180 g/mol. The van der Waals surface area contributed by atoms with Crippen LogP contribution in [0.1, 0.15) is 27.7 Å². The van der Waals surface area contributed by atoms with E-state index in [-0.39, 0.29) is 13.2 Å². The summed E-state index contributed by atoms with van der Waals surface area (Å²) in [6.07, 6.45) is 0. The predicted molar refractivity (Wildman–Crippen MR) is 60.4 cm³/mol. The zero-order chi connectivity index (χ0) is 11.4. The van der Waals surface area contributed by atoms with Crippen molar-refractivity contribution in [1.82, 2.24) is 10.6 Å². The fourth-order valence-corrected chi connectivity index (χ4v) is 0.950. The molecule has 4 nitrogen and oxygen atoms in total. The fourth-order valence-electron chi connectivity index (χ4n) is 0.950. The van der Waals surface area contributed by atoms with E-state index in [0.29, 0.717) is 25.2 Å². The number of nitrogens with one attached hydrogen (secondary N) is 2. The van der Waals surface area contributed by atoms with Crippen LogP contribution in [0, 0.1) is 0 Å². The highest BCUT2D eigenvalue weighted by atomic mass is 16.3. The molecule has 0 aliphatic rings. The maximum atomic E-state index is 8.15. The van der Waals surface area contributed by atoms with Crippen LogP contribution in [-0.2, 0) is 0 Å². The summed E-state index contributed by atoms with van der Waals surface area (Å²) in [5.41, 5.74) is 0. The third-order valence-corrected chi connectivity index (χ3v) is 1.24. The van der Waals surface area contributed by atoms with E-state index < -0.39 is 0 Å². The van der Waals surface area contributed by atoms with E-state index in [1.54, 1.807) is 0 Å². The third-order valence-electron chi connectivity index (χ3n) is 1.24. The minimum Gasteiger partial charge on any atom is -0.395 e. The Hall–Kier alpha value is -0.160. The highest BCUT2D eigenvalue weighted by Crippen LogP contribution is 1.80. The van der Waals surface area contributed by atoms with E-state index in [4.69, 9.17) is 10.2 Å². The molecule has 0 atom stereocenters. The second kappa shape index (κ2) is 12.8. The van der Waals surface area contributed by atoms with Gasteiger partial charge in [0.15, 0.2) is 0 Å². The van der Waals surface area contributed by atoms with Crippen LogP contribution in [0.5, 0.6) is 0 Å². The quantitative estimate of drug-likeness (QED) is 0.460. The SMILES string of the molecule is CC(C)NC(C)C.OCCNCCO. The summed E-state index contributed by atoms with van der Waals surface area (Å²) in [5.74, 6) is 0. The van der Waals surface area contributed by atoms with Gasteiger partial charge in [-0.15, -0.1) is 0 Å². The molecule has 0 unspecified atom stereocenters. The van der Waals surface area contributed by atoms with Crippen molar-refractivity contribution in [1.29, 1.82) is 0 Å². The molecule has 88 valence electrons. The molecule has 0 saturated carbocycles. The van der Waals surface area contributed by atoms with Crippen LogP contribution in [0.15, 0.2) is 0 Å². The fraction of sp³-hybridized carbons (Fsp3) is 1.00. The monoisotopic (exact) mass is 206 g/mol.